The standard InChI is InChI=1S/C20H36N4O3/c1-5-15(4)22-19(26)20(27)24-12-8-17(9-13-24)23-10-6-16(7-11-23)18(25)21-14(2)3/h14-17H,5-13H2,1-4H3,(H,21,25)(H,22,26)/t15-/m0/s1. The van der Waals surface area contributed by atoms with Crippen molar-refractivity contribution in [2.45, 2.75) is 77.9 Å². The smallest absolute Gasteiger partial charge is 0.311 e. The van der Waals surface area contributed by atoms with E-state index in [0.29, 0.717) is 19.1 Å². The SMILES string of the molecule is CC[C@H](C)NC(=O)C(=O)N1CCC(N2CCC(C(=O)NC(C)C)CC2)CC1. The molecule has 154 valence electrons. The summed E-state index contributed by atoms with van der Waals surface area (Å²) in [5.74, 6) is -0.593. The number of carbonyl (C=O) groups excluding carboxylic acids is 3. The van der Waals surface area contributed by atoms with E-state index in [-0.39, 0.29) is 23.9 Å². The molecule has 2 rings (SSSR count). The Morgan fingerprint density at radius 2 is 1.52 bits per heavy atom. The average molecular weight is 381 g/mol. The van der Waals surface area contributed by atoms with E-state index in [1.807, 2.05) is 27.7 Å². The Kier molecular flexibility index (Phi) is 8.07. The van der Waals surface area contributed by atoms with Gasteiger partial charge in [-0.15, -0.1) is 0 Å². The van der Waals surface area contributed by atoms with Gasteiger partial charge < -0.3 is 20.4 Å². The Morgan fingerprint density at radius 1 is 0.926 bits per heavy atom. The molecule has 2 fully saturated rings. The zero-order chi connectivity index (χ0) is 20.0. The summed E-state index contributed by atoms with van der Waals surface area (Å²) in [6, 6.07) is 0.656. The molecule has 2 aliphatic heterocycles. The number of hydrogen-bond donors (Lipinski definition) is 2. The average Bonchev–Trinajstić information content (AvgIpc) is 2.67. The molecule has 7 heteroatoms. The summed E-state index contributed by atoms with van der Waals surface area (Å²) in [7, 11) is 0. The van der Waals surface area contributed by atoms with E-state index in [4.69, 9.17) is 0 Å². The second kappa shape index (κ2) is 10.1. The van der Waals surface area contributed by atoms with Gasteiger partial charge in [0, 0.05) is 37.1 Å². The molecule has 0 unspecified atom stereocenters. The molecule has 7 nitrogen and oxygen atoms in total. The number of likely N-dealkylation sites (tertiary alicyclic amines) is 2. The maximum absolute atomic E-state index is 12.3. The van der Waals surface area contributed by atoms with E-state index >= 15 is 0 Å². The van der Waals surface area contributed by atoms with Crippen molar-refractivity contribution in [3.8, 4) is 0 Å². The molecule has 0 saturated carbocycles. The van der Waals surface area contributed by atoms with Crippen LogP contribution in [-0.4, -0.2) is 71.8 Å². The molecule has 0 aromatic rings. The van der Waals surface area contributed by atoms with E-state index in [1.165, 1.54) is 0 Å². The summed E-state index contributed by atoms with van der Waals surface area (Å²) in [6.07, 6.45) is 4.40. The molecule has 2 N–H and O–H groups in total. The number of carbonyl (C=O) groups is 3. The molecular formula is C20H36N4O3. The summed E-state index contributed by atoms with van der Waals surface area (Å²) in [6.45, 7) is 11.0. The van der Waals surface area contributed by atoms with Crippen LogP contribution in [0.25, 0.3) is 0 Å². The van der Waals surface area contributed by atoms with Crippen molar-refractivity contribution in [3.05, 3.63) is 0 Å². The van der Waals surface area contributed by atoms with Crippen molar-refractivity contribution in [1.29, 1.82) is 0 Å². The Balaban J connectivity index is 1.74. The Hall–Kier alpha value is -1.63. The lowest BCUT2D eigenvalue weighted by molar-refractivity contribution is -0.147. The van der Waals surface area contributed by atoms with Crippen molar-refractivity contribution in [1.82, 2.24) is 20.4 Å². The lowest BCUT2D eigenvalue weighted by atomic mass is 9.92. The number of nitrogens with zero attached hydrogens (tertiary/aromatic N) is 2. The number of nitrogens with one attached hydrogen (secondary N) is 2. The lowest BCUT2D eigenvalue weighted by Crippen LogP contribution is -2.53. The van der Waals surface area contributed by atoms with Gasteiger partial charge in [0.15, 0.2) is 0 Å². The molecule has 0 aliphatic carbocycles. The predicted octanol–water partition coefficient (Wildman–Crippen LogP) is 1.13. The van der Waals surface area contributed by atoms with E-state index in [9.17, 15) is 14.4 Å². The van der Waals surface area contributed by atoms with Crippen LogP contribution in [0.5, 0.6) is 0 Å². The van der Waals surface area contributed by atoms with Gasteiger partial charge in [-0.3, -0.25) is 14.4 Å². The first-order chi connectivity index (χ1) is 12.8. The zero-order valence-electron chi connectivity index (χ0n) is 17.3. The number of piperidine rings is 2. The normalized spacial score (nSPS) is 21.1. The highest BCUT2D eigenvalue weighted by atomic mass is 16.2. The molecule has 1 atom stereocenters. The van der Waals surface area contributed by atoms with Crippen molar-refractivity contribution in [2.75, 3.05) is 26.2 Å². The van der Waals surface area contributed by atoms with Crippen LogP contribution in [-0.2, 0) is 14.4 Å². The van der Waals surface area contributed by atoms with Gasteiger partial charge in [0.2, 0.25) is 5.91 Å². The van der Waals surface area contributed by atoms with Gasteiger partial charge in [0.1, 0.15) is 0 Å². The van der Waals surface area contributed by atoms with Gasteiger partial charge in [-0.05, 0) is 66.0 Å². The predicted molar refractivity (Wildman–Crippen MR) is 105 cm³/mol. The monoisotopic (exact) mass is 380 g/mol. The largest absolute Gasteiger partial charge is 0.354 e. The topological polar surface area (TPSA) is 81.8 Å². The molecule has 2 heterocycles. The molecule has 2 aliphatic rings. The van der Waals surface area contributed by atoms with E-state index in [0.717, 1.165) is 45.2 Å². The number of hydrogen-bond acceptors (Lipinski definition) is 4. The summed E-state index contributed by atoms with van der Waals surface area (Å²) in [5.41, 5.74) is 0. The Labute approximate surface area is 163 Å². The maximum Gasteiger partial charge on any atom is 0.311 e. The van der Waals surface area contributed by atoms with Gasteiger partial charge in [-0.1, -0.05) is 6.92 Å². The third kappa shape index (κ3) is 6.19. The van der Waals surface area contributed by atoms with Crippen LogP contribution < -0.4 is 10.6 Å². The van der Waals surface area contributed by atoms with Gasteiger partial charge in [-0.2, -0.15) is 0 Å². The number of rotatable bonds is 5. The molecule has 0 aromatic heterocycles. The molecule has 0 bridgehead atoms. The van der Waals surface area contributed by atoms with Crippen molar-refractivity contribution in [3.63, 3.8) is 0 Å². The van der Waals surface area contributed by atoms with Crippen LogP contribution in [0.3, 0.4) is 0 Å². The summed E-state index contributed by atoms with van der Waals surface area (Å²) in [4.78, 5) is 40.6. The first kappa shape index (κ1) is 21.7. The lowest BCUT2D eigenvalue weighted by Gasteiger charge is -2.41. The molecule has 3 amide bonds. The van der Waals surface area contributed by atoms with E-state index < -0.39 is 11.8 Å². The van der Waals surface area contributed by atoms with Crippen LogP contribution in [0.15, 0.2) is 0 Å². The highest BCUT2D eigenvalue weighted by molar-refractivity contribution is 6.35. The van der Waals surface area contributed by atoms with Crippen molar-refractivity contribution >= 4 is 17.7 Å². The molecule has 0 aromatic carbocycles. The molecular weight excluding hydrogens is 344 g/mol. The van der Waals surface area contributed by atoms with Crippen LogP contribution >= 0.6 is 0 Å². The minimum absolute atomic E-state index is 0.0215. The molecule has 2 saturated heterocycles. The fourth-order valence-electron chi connectivity index (χ4n) is 3.89. The minimum Gasteiger partial charge on any atom is -0.354 e. The third-order valence-electron chi connectivity index (χ3n) is 5.78. The highest BCUT2D eigenvalue weighted by Gasteiger charge is 2.33. The van der Waals surface area contributed by atoms with Gasteiger partial charge in [0.25, 0.3) is 0 Å². The van der Waals surface area contributed by atoms with E-state index in [1.54, 1.807) is 4.90 Å². The van der Waals surface area contributed by atoms with Crippen LogP contribution in [0.2, 0.25) is 0 Å². The van der Waals surface area contributed by atoms with Gasteiger partial charge in [-0.25, -0.2) is 0 Å². The van der Waals surface area contributed by atoms with E-state index in [2.05, 4.69) is 15.5 Å². The molecule has 27 heavy (non-hydrogen) atoms. The first-order valence-electron chi connectivity index (χ1n) is 10.5. The second-order valence-electron chi connectivity index (χ2n) is 8.28. The summed E-state index contributed by atoms with van der Waals surface area (Å²) < 4.78 is 0. The van der Waals surface area contributed by atoms with Crippen LogP contribution in [0, 0.1) is 5.92 Å². The van der Waals surface area contributed by atoms with Gasteiger partial charge in [0.05, 0.1) is 0 Å². The fraction of sp³-hybridized carbons (Fsp3) is 0.850. The highest BCUT2D eigenvalue weighted by Crippen LogP contribution is 2.24. The van der Waals surface area contributed by atoms with Crippen LogP contribution in [0.4, 0.5) is 0 Å². The second-order valence-corrected chi connectivity index (χ2v) is 8.28. The Bertz CT molecular complexity index is 521. The molecule has 0 radical (unpaired) electrons. The first-order valence-corrected chi connectivity index (χ1v) is 10.5. The third-order valence-corrected chi connectivity index (χ3v) is 5.78. The Morgan fingerprint density at radius 3 is 2.04 bits per heavy atom. The fourth-order valence-corrected chi connectivity index (χ4v) is 3.89. The zero-order valence-corrected chi connectivity index (χ0v) is 17.3. The molecule has 0 spiro atoms. The van der Waals surface area contributed by atoms with Crippen molar-refractivity contribution in [2.24, 2.45) is 5.92 Å². The minimum atomic E-state index is -0.486. The maximum atomic E-state index is 12.3. The van der Waals surface area contributed by atoms with Crippen LogP contribution in [0.1, 0.15) is 59.8 Å². The summed E-state index contributed by atoms with van der Waals surface area (Å²) in [5, 5.41) is 5.77. The summed E-state index contributed by atoms with van der Waals surface area (Å²) >= 11 is 0. The van der Waals surface area contributed by atoms with Gasteiger partial charge >= 0.3 is 11.8 Å². The number of amides is 3. The van der Waals surface area contributed by atoms with Crippen molar-refractivity contribution < 1.29 is 14.4 Å². The quantitative estimate of drug-likeness (QED) is 0.701.